The molecular weight excluding hydrogens is 759 g/mol. The average Bonchev–Trinajstić information content (AvgIpc) is 3.54. The molecule has 5 amide bonds. The van der Waals surface area contributed by atoms with Gasteiger partial charge in [-0.2, -0.15) is 0 Å². The molecule has 4 N–H and O–H groups in total. The monoisotopic (exact) mass is 819 g/mol. The molecule has 0 spiro atoms. The van der Waals surface area contributed by atoms with Crippen molar-refractivity contribution in [1.29, 1.82) is 0 Å². The zero-order valence-electron chi connectivity index (χ0n) is 36.1. The molecule has 1 fully saturated rings. The van der Waals surface area contributed by atoms with Crippen molar-refractivity contribution < 1.29 is 29.0 Å². The number of methoxy groups -OCH3 is 1. The van der Waals surface area contributed by atoms with Crippen molar-refractivity contribution in [1.82, 2.24) is 35.7 Å². The number of hydrogen-bond acceptors (Lipinski definition) is 8. The minimum Gasteiger partial charge on any atom is -0.453 e. The number of amides is 5. The van der Waals surface area contributed by atoms with Gasteiger partial charge < -0.3 is 35.6 Å². The predicted molar refractivity (Wildman–Crippen MR) is 232 cm³/mol. The van der Waals surface area contributed by atoms with E-state index >= 15 is 0 Å². The maximum Gasteiger partial charge on any atom is 0.407 e. The highest BCUT2D eigenvalue weighted by Crippen LogP contribution is 2.29. The van der Waals surface area contributed by atoms with Crippen LogP contribution in [0.2, 0.25) is 0 Å². The fourth-order valence-electron chi connectivity index (χ4n) is 7.73. The minimum absolute atomic E-state index is 0.0707. The lowest BCUT2D eigenvalue weighted by atomic mass is 9.84. The Balaban J connectivity index is 1.42. The van der Waals surface area contributed by atoms with Gasteiger partial charge in [-0.25, -0.2) is 9.59 Å². The highest BCUT2D eigenvalue weighted by molar-refractivity contribution is 5.89. The number of hydrogen-bond donors (Lipinski definition) is 4. The molecule has 3 heterocycles. The molecular formula is C47H61N7O6. The zero-order valence-corrected chi connectivity index (χ0v) is 36.1. The lowest BCUT2D eigenvalue weighted by Crippen LogP contribution is -2.59. The van der Waals surface area contributed by atoms with Crippen LogP contribution in [0.25, 0.3) is 11.1 Å². The number of aryl methyl sites for hydroxylation is 1. The van der Waals surface area contributed by atoms with Gasteiger partial charge in [0.15, 0.2) is 0 Å². The van der Waals surface area contributed by atoms with Gasteiger partial charge in [0.25, 0.3) is 0 Å². The van der Waals surface area contributed by atoms with Gasteiger partial charge in [0, 0.05) is 37.2 Å². The van der Waals surface area contributed by atoms with Crippen molar-refractivity contribution in [2.75, 3.05) is 20.2 Å². The molecule has 1 saturated heterocycles. The Kier molecular flexibility index (Phi) is 15.1. The SMILES string of the molecule is COC(=O)N[C@H](C(=O)N[C@@H](Cc1ccc(-c2ccncc2)cc1)[C@@H](O)C[C@H](Cc1ccccc1)NC(=O)[C@@H](N1CCN(Cc2cccc(C)n2)C1=O)C(C)(C)C)C(C)(C)C. The summed E-state index contributed by atoms with van der Waals surface area (Å²) in [6.07, 6.45) is 2.27. The summed E-state index contributed by atoms with van der Waals surface area (Å²) in [6, 6.07) is 23.7. The van der Waals surface area contributed by atoms with Crippen LogP contribution in [0.3, 0.4) is 0 Å². The lowest BCUT2D eigenvalue weighted by molar-refractivity contribution is -0.130. The second-order valence-corrected chi connectivity index (χ2v) is 17.8. The third-order valence-electron chi connectivity index (χ3n) is 10.8. The van der Waals surface area contributed by atoms with Gasteiger partial charge in [0.1, 0.15) is 12.1 Å². The van der Waals surface area contributed by atoms with Crippen molar-refractivity contribution in [3.05, 3.63) is 120 Å². The predicted octanol–water partition coefficient (Wildman–Crippen LogP) is 6.08. The number of rotatable bonds is 16. The van der Waals surface area contributed by atoms with Crippen molar-refractivity contribution in [3.8, 4) is 11.1 Å². The molecule has 60 heavy (non-hydrogen) atoms. The van der Waals surface area contributed by atoms with Gasteiger partial charge in [0.05, 0.1) is 31.5 Å². The number of aromatic nitrogens is 2. The number of ether oxygens (including phenoxy) is 1. The first-order valence-corrected chi connectivity index (χ1v) is 20.6. The fourth-order valence-corrected chi connectivity index (χ4v) is 7.73. The van der Waals surface area contributed by atoms with E-state index in [1.54, 1.807) is 22.2 Å². The molecule has 2 aromatic heterocycles. The van der Waals surface area contributed by atoms with Crippen LogP contribution in [0, 0.1) is 17.8 Å². The Labute approximate surface area is 354 Å². The number of aliphatic hydroxyl groups excluding tert-OH is 1. The third-order valence-corrected chi connectivity index (χ3v) is 10.8. The van der Waals surface area contributed by atoms with Crippen LogP contribution >= 0.6 is 0 Å². The van der Waals surface area contributed by atoms with Crippen LogP contribution in [-0.4, -0.2) is 99.3 Å². The Hall–Kier alpha value is -5.82. The molecule has 0 aliphatic carbocycles. The molecule has 13 nitrogen and oxygen atoms in total. The van der Waals surface area contributed by atoms with Gasteiger partial charge in [-0.15, -0.1) is 0 Å². The summed E-state index contributed by atoms with van der Waals surface area (Å²) >= 11 is 0. The standard InChI is InChI=1S/C47H61N7O6/c1-31-13-12-16-36(49-31)30-53-25-26-54(45(53)59)41(47(5,6)7)43(57)50-37(27-32-14-10-9-11-15-32)29-39(55)38(51-42(56)40(46(2,3)4)52-44(58)60-8)28-33-17-19-34(20-18-33)35-21-23-48-24-22-35/h9-24,37-41,55H,25-30H2,1-8H3,(H,50,57)(H,51,56)(H,52,58)/t37-,38-,39-,40+,41+/m0/s1. The first-order chi connectivity index (χ1) is 28.4. The van der Waals surface area contributed by atoms with Gasteiger partial charge >= 0.3 is 12.1 Å². The van der Waals surface area contributed by atoms with E-state index in [1.165, 1.54) is 7.11 Å². The smallest absolute Gasteiger partial charge is 0.407 e. The van der Waals surface area contributed by atoms with Crippen LogP contribution in [0.5, 0.6) is 0 Å². The van der Waals surface area contributed by atoms with E-state index in [0.29, 0.717) is 26.1 Å². The highest BCUT2D eigenvalue weighted by atomic mass is 16.5. The van der Waals surface area contributed by atoms with Crippen molar-refractivity contribution >= 4 is 23.9 Å². The highest BCUT2D eigenvalue weighted by Gasteiger charge is 2.44. The summed E-state index contributed by atoms with van der Waals surface area (Å²) in [7, 11) is 1.24. The zero-order chi connectivity index (χ0) is 43.6. The molecule has 5 atom stereocenters. The van der Waals surface area contributed by atoms with Crippen LogP contribution < -0.4 is 16.0 Å². The molecule has 1 aliphatic rings. The summed E-state index contributed by atoms with van der Waals surface area (Å²) in [6.45, 7) is 14.4. The number of nitrogens with zero attached hydrogens (tertiary/aromatic N) is 4. The Morgan fingerprint density at radius 1 is 0.767 bits per heavy atom. The molecule has 0 radical (unpaired) electrons. The van der Waals surface area contributed by atoms with Crippen molar-refractivity contribution in [3.63, 3.8) is 0 Å². The maximum absolute atomic E-state index is 14.6. The number of urea groups is 1. The van der Waals surface area contributed by atoms with Gasteiger partial charge in [-0.05, 0) is 83.5 Å². The largest absolute Gasteiger partial charge is 0.453 e. The number of pyridine rings is 2. The number of carbonyl (C=O) groups is 4. The van der Waals surface area contributed by atoms with E-state index < -0.39 is 53.1 Å². The molecule has 1 aliphatic heterocycles. The summed E-state index contributed by atoms with van der Waals surface area (Å²) in [4.78, 5) is 67.0. The van der Waals surface area contributed by atoms with Crippen LogP contribution in [0.1, 0.15) is 70.5 Å². The normalized spacial score (nSPS) is 15.7. The van der Waals surface area contributed by atoms with Gasteiger partial charge in [0.2, 0.25) is 11.8 Å². The second kappa shape index (κ2) is 20.0. The van der Waals surface area contributed by atoms with Gasteiger partial charge in [-0.3, -0.25) is 19.6 Å². The van der Waals surface area contributed by atoms with Crippen LogP contribution in [-0.2, 0) is 33.7 Å². The third kappa shape index (κ3) is 12.4. The second-order valence-electron chi connectivity index (χ2n) is 17.8. The van der Waals surface area contributed by atoms with E-state index in [0.717, 1.165) is 33.6 Å². The summed E-state index contributed by atoms with van der Waals surface area (Å²) in [5, 5.41) is 21.2. The van der Waals surface area contributed by atoms with E-state index in [4.69, 9.17) is 4.74 Å². The quantitative estimate of drug-likeness (QED) is 0.106. The lowest BCUT2D eigenvalue weighted by Gasteiger charge is -2.38. The molecule has 0 bridgehead atoms. The van der Waals surface area contributed by atoms with E-state index in [-0.39, 0.29) is 24.8 Å². The molecule has 2 aromatic carbocycles. The Bertz CT molecular complexity index is 2050. The van der Waals surface area contributed by atoms with Gasteiger partial charge in [-0.1, -0.05) is 102 Å². The average molecular weight is 820 g/mol. The molecule has 4 aromatic rings. The van der Waals surface area contributed by atoms with Crippen molar-refractivity contribution in [2.24, 2.45) is 10.8 Å². The maximum atomic E-state index is 14.6. The number of carbonyl (C=O) groups excluding carboxylic acids is 4. The topological polar surface area (TPSA) is 166 Å². The number of aliphatic hydroxyl groups is 1. The molecule has 0 saturated carbocycles. The molecule has 13 heteroatoms. The first kappa shape index (κ1) is 45.3. The number of nitrogens with one attached hydrogen (secondary N) is 3. The summed E-state index contributed by atoms with van der Waals surface area (Å²) < 4.78 is 4.84. The summed E-state index contributed by atoms with van der Waals surface area (Å²) in [5.41, 5.74) is 4.10. The minimum atomic E-state index is -1.15. The van der Waals surface area contributed by atoms with E-state index in [2.05, 4.69) is 25.9 Å². The summed E-state index contributed by atoms with van der Waals surface area (Å²) in [5.74, 6) is -0.818. The Morgan fingerprint density at radius 2 is 1.42 bits per heavy atom. The van der Waals surface area contributed by atoms with Crippen molar-refractivity contribution in [2.45, 2.75) is 105 Å². The Morgan fingerprint density at radius 3 is 2.03 bits per heavy atom. The van der Waals surface area contributed by atoms with E-state index in [9.17, 15) is 24.3 Å². The number of benzene rings is 2. The first-order valence-electron chi connectivity index (χ1n) is 20.6. The van der Waals surface area contributed by atoms with Crippen LogP contribution in [0.15, 0.2) is 97.3 Å². The van der Waals surface area contributed by atoms with E-state index in [1.807, 2.05) is 133 Å². The number of alkyl carbamates (subject to hydrolysis) is 1. The molecule has 0 unspecified atom stereocenters. The van der Waals surface area contributed by atoms with Crippen LogP contribution in [0.4, 0.5) is 9.59 Å². The molecule has 320 valence electrons. The molecule has 5 rings (SSSR count). The fraction of sp³-hybridized carbons (Fsp3) is 0.447.